The van der Waals surface area contributed by atoms with Gasteiger partial charge in [0.25, 0.3) is 0 Å². The van der Waals surface area contributed by atoms with E-state index in [1.807, 2.05) is 0 Å². The molecule has 2 rings (SSSR count). The van der Waals surface area contributed by atoms with Crippen molar-refractivity contribution >= 4 is 11.6 Å². The van der Waals surface area contributed by atoms with Crippen LogP contribution in [0.3, 0.4) is 0 Å². The van der Waals surface area contributed by atoms with E-state index in [9.17, 15) is 4.39 Å². The zero-order chi connectivity index (χ0) is 11.5. The monoisotopic (exact) mass is 240 g/mol. The highest BCUT2D eigenvalue weighted by atomic mass is 35.5. The molecule has 0 aliphatic rings. The van der Waals surface area contributed by atoms with Crippen molar-refractivity contribution in [3.05, 3.63) is 41.0 Å². The molecule has 0 bridgehead atoms. The summed E-state index contributed by atoms with van der Waals surface area (Å²) < 4.78 is 18.8. The van der Waals surface area contributed by atoms with Crippen LogP contribution in [0.1, 0.15) is 5.69 Å². The Balaban J connectivity index is 2.39. The molecule has 0 unspecified atom stereocenters. The Labute approximate surface area is 97.3 Å². The van der Waals surface area contributed by atoms with Crippen LogP contribution < -0.4 is 5.32 Å². The Kier molecular flexibility index (Phi) is 3.22. The Morgan fingerprint density at radius 2 is 2.31 bits per heavy atom. The molecule has 1 aromatic carbocycles. The van der Waals surface area contributed by atoms with Crippen LogP contribution in [-0.2, 0) is 6.54 Å². The minimum absolute atomic E-state index is 0.0610. The first-order valence-electron chi connectivity index (χ1n) is 4.75. The zero-order valence-electron chi connectivity index (χ0n) is 8.63. The maximum atomic E-state index is 13.6. The van der Waals surface area contributed by atoms with E-state index in [4.69, 9.17) is 16.0 Å². The normalized spacial score (nSPS) is 10.7. The molecule has 84 valence electrons. The van der Waals surface area contributed by atoms with E-state index in [1.165, 1.54) is 12.3 Å². The quantitative estimate of drug-likeness (QED) is 0.897. The van der Waals surface area contributed by atoms with Gasteiger partial charge in [0.15, 0.2) is 5.82 Å². The predicted molar refractivity (Wildman–Crippen MR) is 59.7 cm³/mol. The summed E-state index contributed by atoms with van der Waals surface area (Å²) in [5.74, 6) is -0.271. The molecule has 0 atom stereocenters. The van der Waals surface area contributed by atoms with Crippen LogP contribution in [0, 0.1) is 5.82 Å². The molecular formula is C11H10ClFN2O. The van der Waals surface area contributed by atoms with Crippen molar-refractivity contribution in [2.75, 3.05) is 7.05 Å². The minimum Gasteiger partial charge on any atom is -0.444 e. The number of oxazole rings is 1. The lowest BCUT2D eigenvalue weighted by molar-refractivity contribution is 0.560. The van der Waals surface area contributed by atoms with Crippen LogP contribution in [0.15, 0.2) is 28.9 Å². The van der Waals surface area contributed by atoms with Crippen LogP contribution in [-0.4, -0.2) is 12.0 Å². The number of nitrogens with one attached hydrogen (secondary N) is 1. The van der Waals surface area contributed by atoms with E-state index in [2.05, 4.69) is 10.3 Å². The van der Waals surface area contributed by atoms with Crippen molar-refractivity contribution in [1.82, 2.24) is 10.3 Å². The first kappa shape index (κ1) is 11.1. The summed E-state index contributed by atoms with van der Waals surface area (Å²) in [6.07, 6.45) is 1.49. The number of hydrogen-bond acceptors (Lipinski definition) is 3. The van der Waals surface area contributed by atoms with Gasteiger partial charge in [-0.1, -0.05) is 17.7 Å². The number of rotatable bonds is 3. The number of aromatic nitrogens is 1. The van der Waals surface area contributed by atoms with Crippen LogP contribution in [0.5, 0.6) is 0 Å². The molecule has 0 spiro atoms. The Bertz CT molecular complexity index is 498. The van der Waals surface area contributed by atoms with Gasteiger partial charge in [-0.3, -0.25) is 0 Å². The molecule has 0 radical (unpaired) electrons. The summed E-state index contributed by atoms with van der Waals surface area (Å²) in [7, 11) is 1.80. The van der Waals surface area contributed by atoms with Crippen molar-refractivity contribution in [2.45, 2.75) is 6.54 Å². The van der Waals surface area contributed by atoms with Gasteiger partial charge < -0.3 is 9.73 Å². The Morgan fingerprint density at radius 3 is 3.06 bits per heavy atom. The van der Waals surface area contributed by atoms with Crippen LogP contribution in [0.25, 0.3) is 11.5 Å². The lowest BCUT2D eigenvalue weighted by Crippen LogP contribution is -2.04. The smallest absolute Gasteiger partial charge is 0.229 e. The van der Waals surface area contributed by atoms with Crippen molar-refractivity contribution in [3.8, 4) is 11.5 Å². The summed E-state index contributed by atoms with van der Waals surface area (Å²) in [4.78, 5) is 4.14. The highest BCUT2D eigenvalue weighted by Crippen LogP contribution is 2.26. The topological polar surface area (TPSA) is 38.1 Å². The lowest BCUT2D eigenvalue weighted by atomic mass is 10.2. The van der Waals surface area contributed by atoms with Gasteiger partial charge in [-0.05, 0) is 19.2 Å². The number of nitrogens with zero attached hydrogens (tertiary/aromatic N) is 1. The average Bonchev–Trinajstić information content (AvgIpc) is 2.71. The van der Waals surface area contributed by atoms with Gasteiger partial charge in [0.05, 0.1) is 16.3 Å². The molecular weight excluding hydrogens is 231 g/mol. The predicted octanol–water partition coefficient (Wildman–Crippen LogP) is 2.85. The Hall–Kier alpha value is -1.39. The largest absolute Gasteiger partial charge is 0.444 e. The van der Waals surface area contributed by atoms with E-state index < -0.39 is 5.82 Å². The molecule has 0 aliphatic heterocycles. The van der Waals surface area contributed by atoms with Crippen LogP contribution in [0.2, 0.25) is 5.02 Å². The molecule has 1 N–H and O–H groups in total. The number of hydrogen-bond donors (Lipinski definition) is 1. The molecule has 2 aromatic rings. The third kappa shape index (κ3) is 2.08. The molecule has 0 fully saturated rings. The fourth-order valence-electron chi connectivity index (χ4n) is 1.36. The van der Waals surface area contributed by atoms with Crippen molar-refractivity contribution in [3.63, 3.8) is 0 Å². The third-order valence-corrected chi connectivity index (χ3v) is 2.38. The number of benzene rings is 1. The van der Waals surface area contributed by atoms with E-state index in [1.54, 1.807) is 19.2 Å². The molecule has 5 heteroatoms. The molecule has 0 saturated carbocycles. The standard InChI is InChI=1S/C11H10ClFN2O/c1-14-5-7-6-16-11(15-7)8-3-2-4-9(12)10(8)13/h2-4,6,14H,5H2,1H3. The first-order valence-corrected chi connectivity index (χ1v) is 5.13. The minimum atomic E-state index is -0.512. The van der Waals surface area contributed by atoms with Crippen molar-refractivity contribution in [2.24, 2.45) is 0 Å². The maximum absolute atomic E-state index is 13.6. The second-order valence-electron chi connectivity index (χ2n) is 3.28. The fraction of sp³-hybridized carbons (Fsp3) is 0.182. The lowest BCUT2D eigenvalue weighted by Gasteiger charge is -1.99. The molecule has 0 aliphatic carbocycles. The van der Waals surface area contributed by atoms with E-state index in [-0.39, 0.29) is 16.5 Å². The summed E-state index contributed by atoms with van der Waals surface area (Å²) in [5, 5.41) is 2.99. The fourth-order valence-corrected chi connectivity index (χ4v) is 1.54. The highest BCUT2D eigenvalue weighted by molar-refractivity contribution is 6.31. The van der Waals surface area contributed by atoms with Crippen LogP contribution >= 0.6 is 11.6 Å². The second-order valence-corrected chi connectivity index (χ2v) is 3.68. The van der Waals surface area contributed by atoms with E-state index in [0.717, 1.165) is 5.69 Å². The maximum Gasteiger partial charge on any atom is 0.229 e. The van der Waals surface area contributed by atoms with Gasteiger partial charge >= 0.3 is 0 Å². The van der Waals surface area contributed by atoms with E-state index in [0.29, 0.717) is 6.54 Å². The SMILES string of the molecule is CNCc1coc(-c2cccc(Cl)c2F)n1. The second kappa shape index (κ2) is 4.63. The van der Waals surface area contributed by atoms with Crippen molar-refractivity contribution < 1.29 is 8.81 Å². The molecule has 1 heterocycles. The Morgan fingerprint density at radius 1 is 1.50 bits per heavy atom. The molecule has 1 aromatic heterocycles. The molecule has 16 heavy (non-hydrogen) atoms. The van der Waals surface area contributed by atoms with Gasteiger partial charge in [-0.25, -0.2) is 9.37 Å². The summed E-state index contributed by atoms with van der Waals surface area (Å²) in [5.41, 5.74) is 0.992. The van der Waals surface area contributed by atoms with Gasteiger partial charge in [-0.2, -0.15) is 0 Å². The van der Waals surface area contributed by atoms with Gasteiger partial charge in [0.1, 0.15) is 6.26 Å². The van der Waals surface area contributed by atoms with Gasteiger partial charge in [0, 0.05) is 6.54 Å². The zero-order valence-corrected chi connectivity index (χ0v) is 9.38. The van der Waals surface area contributed by atoms with Crippen molar-refractivity contribution in [1.29, 1.82) is 0 Å². The van der Waals surface area contributed by atoms with E-state index >= 15 is 0 Å². The summed E-state index contributed by atoms with van der Waals surface area (Å²) >= 11 is 5.67. The number of halogens is 2. The molecule has 0 saturated heterocycles. The molecule has 0 amide bonds. The summed E-state index contributed by atoms with van der Waals surface area (Å²) in [6, 6.07) is 4.72. The van der Waals surface area contributed by atoms with Crippen LogP contribution in [0.4, 0.5) is 4.39 Å². The highest BCUT2D eigenvalue weighted by Gasteiger charge is 2.13. The van der Waals surface area contributed by atoms with Gasteiger partial charge in [0.2, 0.25) is 5.89 Å². The molecule has 3 nitrogen and oxygen atoms in total. The summed E-state index contributed by atoms with van der Waals surface area (Å²) in [6.45, 7) is 0.575. The van der Waals surface area contributed by atoms with Gasteiger partial charge in [-0.15, -0.1) is 0 Å². The third-order valence-electron chi connectivity index (χ3n) is 2.09. The average molecular weight is 241 g/mol. The first-order chi connectivity index (χ1) is 7.72.